The minimum atomic E-state index is -0.691. The average molecular weight is 489 g/mol. The number of fused-ring (bicyclic) bond motifs is 1. The van der Waals surface area contributed by atoms with Crippen LogP contribution in [0.3, 0.4) is 0 Å². The lowest BCUT2D eigenvalue weighted by atomic mass is 9.87. The fourth-order valence-electron chi connectivity index (χ4n) is 4.67. The van der Waals surface area contributed by atoms with Gasteiger partial charge in [0.2, 0.25) is 5.91 Å². The first-order valence-electron chi connectivity index (χ1n) is 12.5. The van der Waals surface area contributed by atoms with Crippen LogP contribution in [0.4, 0.5) is 4.39 Å². The fraction of sp³-hybridized carbons (Fsp3) is 0.333. The normalized spacial score (nSPS) is 15.8. The summed E-state index contributed by atoms with van der Waals surface area (Å²) in [5.74, 6) is 0.00138. The van der Waals surface area contributed by atoms with Crippen molar-refractivity contribution in [2.24, 2.45) is 5.92 Å². The van der Waals surface area contributed by atoms with E-state index in [1.165, 1.54) is 17.7 Å². The Balaban J connectivity index is 1.56. The van der Waals surface area contributed by atoms with E-state index >= 15 is 0 Å². The van der Waals surface area contributed by atoms with E-state index in [2.05, 4.69) is 5.32 Å². The summed E-state index contributed by atoms with van der Waals surface area (Å²) in [6.45, 7) is 6.62. The van der Waals surface area contributed by atoms with Gasteiger partial charge in [-0.15, -0.1) is 0 Å². The van der Waals surface area contributed by atoms with Crippen LogP contribution in [0.1, 0.15) is 55.5 Å². The molecular weight excluding hydrogens is 455 g/mol. The van der Waals surface area contributed by atoms with Crippen LogP contribution in [0.15, 0.2) is 72.8 Å². The maximum Gasteiger partial charge on any atom is 0.261 e. The van der Waals surface area contributed by atoms with Crippen molar-refractivity contribution in [2.45, 2.75) is 52.3 Å². The van der Waals surface area contributed by atoms with Gasteiger partial charge in [-0.05, 0) is 59.4 Å². The number of amides is 2. The van der Waals surface area contributed by atoms with Crippen molar-refractivity contribution in [3.05, 3.63) is 101 Å². The molecule has 188 valence electrons. The number of ether oxygens (including phenoxy) is 1. The Hall–Kier alpha value is -3.67. The zero-order valence-corrected chi connectivity index (χ0v) is 21.0. The van der Waals surface area contributed by atoms with Gasteiger partial charge in [-0.2, -0.15) is 0 Å². The highest BCUT2D eigenvalue weighted by atomic mass is 19.1. The summed E-state index contributed by atoms with van der Waals surface area (Å²) in [6, 6.07) is 21.9. The van der Waals surface area contributed by atoms with E-state index in [1.807, 2.05) is 74.2 Å². The number of nitrogens with zero attached hydrogens (tertiary/aromatic N) is 1. The SMILES string of the molecule is CC[C@H](Oc1ccc2c(c1)[C@H](c1ccccc1)N(C(=O)C(C)C)CC2)C(=O)NCc1cccc(F)c1. The molecule has 3 aromatic carbocycles. The Labute approximate surface area is 212 Å². The van der Waals surface area contributed by atoms with Gasteiger partial charge in [0.25, 0.3) is 5.91 Å². The third kappa shape index (κ3) is 5.76. The third-order valence-corrected chi connectivity index (χ3v) is 6.54. The number of hydrogen-bond acceptors (Lipinski definition) is 3. The van der Waals surface area contributed by atoms with Crippen LogP contribution in [-0.4, -0.2) is 29.4 Å². The summed E-state index contributed by atoms with van der Waals surface area (Å²) < 4.78 is 19.6. The molecule has 2 amide bonds. The number of nitrogens with one attached hydrogen (secondary N) is 1. The van der Waals surface area contributed by atoms with Crippen molar-refractivity contribution in [3.63, 3.8) is 0 Å². The molecule has 2 atom stereocenters. The minimum Gasteiger partial charge on any atom is -0.481 e. The number of carbonyl (C=O) groups excluding carboxylic acids is 2. The molecule has 36 heavy (non-hydrogen) atoms. The molecule has 4 rings (SSSR count). The number of rotatable bonds is 8. The molecule has 0 aliphatic carbocycles. The molecule has 5 nitrogen and oxygen atoms in total. The molecule has 6 heteroatoms. The Kier molecular flexibility index (Phi) is 8.04. The van der Waals surface area contributed by atoms with Gasteiger partial charge >= 0.3 is 0 Å². The van der Waals surface area contributed by atoms with Crippen LogP contribution in [-0.2, 0) is 22.6 Å². The van der Waals surface area contributed by atoms with Crippen LogP contribution in [0.5, 0.6) is 5.75 Å². The second-order valence-corrected chi connectivity index (χ2v) is 9.47. The molecule has 0 radical (unpaired) electrons. The predicted octanol–water partition coefficient (Wildman–Crippen LogP) is 5.43. The van der Waals surface area contributed by atoms with Gasteiger partial charge in [-0.25, -0.2) is 4.39 Å². The van der Waals surface area contributed by atoms with Crippen molar-refractivity contribution in [2.75, 3.05) is 6.54 Å². The van der Waals surface area contributed by atoms with Crippen molar-refractivity contribution in [3.8, 4) is 5.75 Å². The van der Waals surface area contributed by atoms with Crippen molar-refractivity contribution in [1.29, 1.82) is 0 Å². The van der Waals surface area contributed by atoms with Gasteiger partial charge in [0.05, 0.1) is 6.04 Å². The smallest absolute Gasteiger partial charge is 0.261 e. The van der Waals surface area contributed by atoms with E-state index in [9.17, 15) is 14.0 Å². The second kappa shape index (κ2) is 11.4. The van der Waals surface area contributed by atoms with Crippen LogP contribution in [0.25, 0.3) is 0 Å². The largest absolute Gasteiger partial charge is 0.481 e. The van der Waals surface area contributed by atoms with E-state index in [0.29, 0.717) is 24.3 Å². The Bertz CT molecular complexity index is 1210. The summed E-state index contributed by atoms with van der Waals surface area (Å²) in [4.78, 5) is 27.9. The molecule has 1 aliphatic heterocycles. The van der Waals surface area contributed by atoms with E-state index in [1.54, 1.807) is 12.1 Å². The van der Waals surface area contributed by atoms with Gasteiger partial charge in [0.15, 0.2) is 6.10 Å². The van der Waals surface area contributed by atoms with E-state index < -0.39 is 6.10 Å². The second-order valence-electron chi connectivity index (χ2n) is 9.47. The molecule has 1 heterocycles. The Morgan fingerprint density at radius 2 is 1.83 bits per heavy atom. The Morgan fingerprint density at radius 3 is 2.53 bits per heavy atom. The quantitative estimate of drug-likeness (QED) is 0.460. The monoisotopic (exact) mass is 488 g/mol. The van der Waals surface area contributed by atoms with Gasteiger partial charge < -0.3 is 15.0 Å². The number of carbonyl (C=O) groups is 2. The van der Waals surface area contributed by atoms with Gasteiger partial charge in [-0.1, -0.05) is 69.3 Å². The molecule has 0 fully saturated rings. The summed E-state index contributed by atoms with van der Waals surface area (Å²) >= 11 is 0. The first-order valence-corrected chi connectivity index (χ1v) is 12.5. The minimum absolute atomic E-state index is 0.108. The lowest BCUT2D eigenvalue weighted by molar-refractivity contribution is -0.136. The van der Waals surface area contributed by atoms with E-state index in [0.717, 1.165) is 17.5 Å². The number of hydrogen-bond donors (Lipinski definition) is 1. The molecule has 0 unspecified atom stereocenters. The third-order valence-electron chi connectivity index (χ3n) is 6.54. The summed E-state index contributed by atoms with van der Waals surface area (Å²) in [7, 11) is 0. The highest BCUT2D eigenvalue weighted by Gasteiger charge is 2.33. The maximum atomic E-state index is 13.5. The molecular formula is C30H33FN2O3. The molecule has 0 spiro atoms. The highest BCUT2D eigenvalue weighted by molar-refractivity contribution is 5.81. The molecule has 0 bridgehead atoms. The van der Waals surface area contributed by atoms with E-state index in [4.69, 9.17) is 4.74 Å². The van der Waals surface area contributed by atoms with Gasteiger partial charge in [0.1, 0.15) is 11.6 Å². The summed E-state index contributed by atoms with van der Waals surface area (Å²) in [5, 5.41) is 2.85. The standard InChI is InChI=1S/C30H33FN2O3/c1-4-27(29(34)32-19-21-9-8-12-24(31)17-21)36-25-14-13-22-15-16-33(30(35)20(2)3)28(26(22)18-25)23-10-6-5-7-11-23/h5-14,17-18,20,27-28H,4,15-16,19H2,1-3H3,(H,32,34)/t27-,28-/m0/s1. The average Bonchev–Trinajstić information content (AvgIpc) is 2.89. The lowest BCUT2D eigenvalue weighted by Gasteiger charge is -2.39. The predicted molar refractivity (Wildman–Crippen MR) is 138 cm³/mol. The zero-order chi connectivity index (χ0) is 25.7. The van der Waals surface area contributed by atoms with Gasteiger partial charge in [-0.3, -0.25) is 9.59 Å². The van der Waals surface area contributed by atoms with Crippen LogP contribution in [0, 0.1) is 11.7 Å². The fourth-order valence-corrected chi connectivity index (χ4v) is 4.67. The summed E-state index contributed by atoms with van der Waals surface area (Å²) in [6.07, 6.45) is 0.554. The van der Waals surface area contributed by atoms with Crippen LogP contribution < -0.4 is 10.1 Å². The first kappa shape index (κ1) is 25.4. The van der Waals surface area contributed by atoms with Crippen molar-refractivity contribution in [1.82, 2.24) is 10.2 Å². The molecule has 3 aromatic rings. The van der Waals surface area contributed by atoms with Crippen LogP contribution >= 0.6 is 0 Å². The molecule has 0 saturated heterocycles. The van der Waals surface area contributed by atoms with Crippen molar-refractivity contribution < 1.29 is 18.7 Å². The lowest BCUT2D eigenvalue weighted by Crippen LogP contribution is -2.42. The van der Waals surface area contributed by atoms with Crippen LogP contribution in [0.2, 0.25) is 0 Å². The highest BCUT2D eigenvalue weighted by Crippen LogP contribution is 2.38. The topological polar surface area (TPSA) is 58.6 Å². The van der Waals surface area contributed by atoms with Crippen molar-refractivity contribution >= 4 is 11.8 Å². The molecule has 0 aromatic heterocycles. The molecule has 1 aliphatic rings. The summed E-state index contributed by atoms with van der Waals surface area (Å²) in [5.41, 5.74) is 3.93. The van der Waals surface area contributed by atoms with E-state index in [-0.39, 0.29) is 36.1 Å². The Morgan fingerprint density at radius 1 is 1.06 bits per heavy atom. The maximum absolute atomic E-state index is 13.5. The molecule has 0 saturated carbocycles. The van der Waals surface area contributed by atoms with Gasteiger partial charge in [0, 0.05) is 19.0 Å². The zero-order valence-electron chi connectivity index (χ0n) is 21.0. The molecule has 1 N–H and O–H groups in total. The number of benzene rings is 3. The number of halogens is 1. The first-order chi connectivity index (χ1) is 17.4.